The summed E-state index contributed by atoms with van der Waals surface area (Å²) in [6.07, 6.45) is 0. The number of carbonyl (C=O) groups excluding carboxylic acids is 1. The van der Waals surface area contributed by atoms with E-state index in [-0.39, 0.29) is 27.6 Å². The molecule has 0 heterocycles. The van der Waals surface area contributed by atoms with Crippen LogP contribution < -0.4 is 0 Å². The van der Waals surface area contributed by atoms with Crippen molar-refractivity contribution in [2.24, 2.45) is 10.2 Å². The van der Waals surface area contributed by atoms with Crippen LogP contribution in [-0.2, 0) is 10.1 Å². The molecule has 3 aromatic rings. The monoisotopic (exact) mass is 398 g/mol. The van der Waals surface area contributed by atoms with Crippen molar-refractivity contribution in [2.45, 2.75) is 4.90 Å². The van der Waals surface area contributed by atoms with Gasteiger partial charge in [0.1, 0.15) is 17.2 Å². The summed E-state index contributed by atoms with van der Waals surface area (Å²) < 4.78 is 31.0. The van der Waals surface area contributed by atoms with E-state index in [0.29, 0.717) is 5.56 Å². The number of aromatic hydroxyl groups is 2. The highest BCUT2D eigenvalue weighted by Gasteiger charge is 2.17. The summed E-state index contributed by atoms with van der Waals surface area (Å²) in [5.41, 5.74) is 0.485. The third kappa shape index (κ3) is 4.22. The van der Waals surface area contributed by atoms with Crippen molar-refractivity contribution in [2.75, 3.05) is 0 Å². The Kier molecular flexibility index (Phi) is 5.21. The number of phenolic OH excluding ortho intramolecular Hbond substituents is 2. The first kappa shape index (κ1) is 19.2. The Hall–Kier alpha value is -3.56. The standard InChI is InChI=1S/C19H14N2O6S/c22-17-11-18(23)16(10-15(17)19(24)12-4-2-1-3-5-12)21-20-13-6-8-14(9-7-13)28(25,26)27/h1-11,22-23H,(H,25,26,27). The zero-order valence-electron chi connectivity index (χ0n) is 14.2. The molecule has 0 radical (unpaired) electrons. The molecular formula is C19H14N2O6S. The fraction of sp³-hybridized carbons (Fsp3) is 0. The average Bonchev–Trinajstić information content (AvgIpc) is 2.67. The molecule has 0 aromatic heterocycles. The van der Waals surface area contributed by atoms with E-state index in [2.05, 4.69) is 10.2 Å². The van der Waals surface area contributed by atoms with Crippen molar-refractivity contribution in [3.63, 3.8) is 0 Å². The molecule has 0 spiro atoms. The Morgan fingerprint density at radius 1 is 0.821 bits per heavy atom. The number of nitrogens with zero attached hydrogens (tertiary/aromatic N) is 2. The maximum absolute atomic E-state index is 12.5. The fourth-order valence-corrected chi connectivity index (χ4v) is 2.85. The summed E-state index contributed by atoms with van der Waals surface area (Å²) in [6.45, 7) is 0. The first-order valence-electron chi connectivity index (χ1n) is 7.91. The van der Waals surface area contributed by atoms with E-state index in [9.17, 15) is 23.4 Å². The van der Waals surface area contributed by atoms with Gasteiger partial charge in [0.25, 0.3) is 10.1 Å². The molecule has 0 aliphatic rings. The lowest BCUT2D eigenvalue weighted by Crippen LogP contribution is -2.01. The Morgan fingerprint density at radius 3 is 2.07 bits per heavy atom. The van der Waals surface area contributed by atoms with E-state index in [4.69, 9.17) is 4.55 Å². The van der Waals surface area contributed by atoms with Crippen LogP contribution >= 0.6 is 0 Å². The van der Waals surface area contributed by atoms with E-state index in [1.54, 1.807) is 30.3 Å². The van der Waals surface area contributed by atoms with Gasteiger partial charge in [0.2, 0.25) is 0 Å². The van der Waals surface area contributed by atoms with E-state index in [1.165, 1.54) is 18.2 Å². The lowest BCUT2D eigenvalue weighted by Gasteiger charge is -2.06. The van der Waals surface area contributed by atoms with E-state index in [1.807, 2.05) is 0 Å². The number of phenols is 2. The summed E-state index contributed by atoms with van der Waals surface area (Å²) in [5.74, 6) is -1.24. The maximum atomic E-state index is 12.5. The number of hydrogen-bond acceptors (Lipinski definition) is 7. The molecule has 3 N–H and O–H groups in total. The highest BCUT2D eigenvalue weighted by Crippen LogP contribution is 2.35. The minimum atomic E-state index is -4.32. The van der Waals surface area contributed by atoms with E-state index >= 15 is 0 Å². The Labute approximate surface area is 160 Å². The van der Waals surface area contributed by atoms with Crippen LogP contribution in [0, 0.1) is 0 Å². The second-order valence-electron chi connectivity index (χ2n) is 5.72. The van der Waals surface area contributed by atoms with Crippen LogP contribution in [0.2, 0.25) is 0 Å². The predicted octanol–water partition coefficient (Wildman–Crippen LogP) is 3.99. The predicted molar refractivity (Wildman–Crippen MR) is 100 cm³/mol. The smallest absolute Gasteiger partial charge is 0.294 e. The van der Waals surface area contributed by atoms with Crippen LogP contribution in [0.4, 0.5) is 11.4 Å². The zero-order valence-corrected chi connectivity index (χ0v) is 15.0. The first-order valence-corrected chi connectivity index (χ1v) is 9.35. The number of azo groups is 1. The van der Waals surface area contributed by atoms with Crippen molar-refractivity contribution in [1.29, 1.82) is 0 Å². The van der Waals surface area contributed by atoms with Crippen molar-refractivity contribution in [1.82, 2.24) is 0 Å². The van der Waals surface area contributed by atoms with Gasteiger partial charge < -0.3 is 10.2 Å². The lowest BCUT2D eigenvalue weighted by molar-refractivity contribution is 0.103. The molecule has 28 heavy (non-hydrogen) atoms. The molecule has 142 valence electrons. The largest absolute Gasteiger partial charge is 0.507 e. The highest BCUT2D eigenvalue weighted by molar-refractivity contribution is 7.85. The first-order chi connectivity index (χ1) is 13.3. The Bertz CT molecular complexity index is 1160. The topological polar surface area (TPSA) is 137 Å². The van der Waals surface area contributed by atoms with Crippen LogP contribution in [0.25, 0.3) is 0 Å². The highest BCUT2D eigenvalue weighted by atomic mass is 32.2. The fourth-order valence-electron chi connectivity index (χ4n) is 2.37. The molecule has 8 nitrogen and oxygen atoms in total. The van der Waals surface area contributed by atoms with Crippen molar-refractivity contribution >= 4 is 27.3 Å². The molecule has 0 amide bonds. The molecule has 0 aliphatic heterocycles. The molecule has 0 unspecified atom stereocenters. The summed E-state index contributed by atoms with van der Waals surface area (Å²) in [6, 6.07) is 15.4. The van der Waals surface area contributed by atoms with Gasteiger partial charge >= 0.3 is 0 Å². The van der Waals surface area contributed by atoms with Crippen LogP contribution in [0.1, 0.15) is 15.9 Å². The van der Waals surface area contributed by atoms with Gasteiger partial charge in [-0.15, -0.1) is 5.11 Å². The Morgan fingerprint density at radius 2 is 1.46 bits per heavy atom. The second-order valence-corrected chi connectivity index (χ2v) is 7.14. The number of hydrogen-bond donors (Lipinski definition) is 3. The normalized spacial score (nSPS) is 11.6. The number of ketones is 1. The number of benzene rings is 3. The zero-order chi connectivity index (χ0) is 20.3. The second kappa shape index (κ2) is 7.59. The van der Waals surface area contributed by atoms with Crippen LogP contribution in [0.5, 0.6) is 11.5 Å². The SMILES string of the molecule is O=C(c1ccccc1)c1cc(N=Nc2ccc(S(=O)(=O)O)cc2)c(O)cc1O. The average molecular weight is 398 g/mol. The lowest BCUT2D eigenvalue weighted by atomic mass is 10.0. The van der Waals surface area contributed by atoms with Gasteiger partial charge in [0.15, 0.2) is 5.78 Å². The summed E-state index contributed by atoms with van der Waals surface area (Å²) in [4.78, 5) is 12.2. The molecule has 0 atom stereocenters. The van der Waals surface area contributed by atoms with E-state index < -0.39 is 21.7 Å². The van der Waals surface area contributed by atoms with Gasteiger partial charge in [0, 0.05) is 11.6 Å². The Balaban J connectivity index is 1.92. The molecule has 9 heteroatoms. The molecule has 0 saturated heterocycles. The minimum Gasteiger partial charge on any atom is -0.507 e. The molecule has 0 bridgehead atoms. The minimum absolute atomic E-state index is 0.0559. The van der Waals surface area contributed by atoms with Crippen molar-refractivity contribution in [3.05, 3.63) is 77.9 Å². The number of rotatable bonds is 5. The summed E-state index contributed by atoms with van der Waals surface area (Å²) >= 11 is 0. The van der Waals surface area contributed by atoms with Gasteiger partial charge in [-0.2, -0.15) is 13.5 Å². The van der Waals surface area contributed by atoms with Crippen molar-refractivity contribution < 1.29 is 28.0 Å². The van der Waals surface area contributed by atoms with Crippen molar-refractivity contribution in [3.8, 4) is 11.5 Å². The number of carbonyl (C=O) groups is 1. The molecular weight excluding hydrogens is 384 g/mol. The van der Waals surface area contributed by atoms with E-state index in [0.717, 1.165) is 18.2 Å². The van der Waals surface area contributed by atoms with Gasteiger partial charge in [-0.25, -0.2) is 0 Å². The third-order valence-electron chi connectivity index (χ3n) is 3.78. The quantitative estimate of drug-likeness (QED) is 0.338. The molecule has 0 saturated carbocycles. The van der Waals surface area contributed by atoms with Gasteiger partial charge in [-0.3, -0.25) is 9.35 Å². The molecule has 0 aliphatic carbocycles. The molecule has 3 rings (SSSR count). The summed E-state index contributed by atoms with van der Waals surface area (Å²) in [7, 11) is -4.32. The molecule has 0 fully saturated rings. The molecule has 3 aromatic carbocycles. The summed E-state index contributed by atoms with van der Waals surface area (Å²) in [5, 5.41) is 27.7. The van der Waals surface area contributed by atoms with Gasteiger partial charge in [0.05, 0.1) is 16.1 Å². The third-order valence-corrected chi connectivity index (χ3v) is 4.65. The van der Waals surface area contributed by atoms with Gasteiger partial charge in [-0.05, 0) is 30.3 Å². The van der Waals surface area contributed by atoms with Crippen LogP contribution in [0.3, 0.4) is 0 Å². The van der Waals surface area contributed by atoms with Gasteiger partial charge in [-0.1, -0.05) is 30.3 Å². The maximum Gasteiger partial charge on any atom is 0.294 e. The van der Waals surface area contributed by atoms with Crippen LogP contribution in [0.15, 0.2) is 81.9 Å². The van der Waals surface area contributed by atoms with Crippen LogP contribution in [-0.4, -0.2) is 29.0 Å².